The summed E-state index contributed by atoms with van der Waals surface area (Å²) < 4.78 is 5.43. The number of hydrogen-bond donors (Lipinski definition) is 3. The van der Waals surface area contributed by atoms with Crippen LogP contribution in [0.4, 0.5) is 17.2 Å². The number of para-hydroxylation sites is 1. The summed E-state index contributed by atoms with van der Waals surface area (Å²) in [6.07, 6.45) is 0. The van der Waals surface area contributed by atoms with Crippen molar-refractivity contribution >= 4 is 23.1 Å². The van der Waals surface area contributed by atoms with Gasteiger partial charge in [-0.25, -0.2) is 0 Å². The highest BCUT2D eigenvalue weighted by Crippen LogP contribution is 2.23. The van der Waals surface area contributed by atoms with Crippen LogP contribution in [0.5, 0.6) is 5.75 Å². The Bertz CT molecular complexity index is 899. The van der Waals surface area contributed by atoms with Crippen LogP contribution in [0.3, 0.4) is 0 Å². The number of carbonyl (C=O) groups excluding carboxylic acids is 1. The Morgan fingerprint density at radius 1 is 1.04 bits per heavy atom. The Morgan fingerprint density at radius 2 is 1.85 bits per heavy atom. The van der Waals surface area contributed by atoms with Gasteiger partial charge in [0.25, 0.3) is 5.91 Å². The van der Waals surface area contributed by atoms with Gasteiger partial charge in [0.2, 0.25) is 0 Å². The van der Waals surface area contributed by atoms with Crippen molar-refractivity contribution in [1.29, 1.82) is 0 Å². The quantitative estimate of drug-likeness (QED) is 0.596. The van der Waals surface area contributed by atoms with E-state index < -0.39 is 0 Å². The predicted molar refractivity (Wildman–Crippen MR) is 103 cm³/mol. The third kappa shape index (κ3) is 5.02. The number of aliphatic hydroxyl groups excluding tert-OH is 1. The third-order valence-electron chi connectivity index (χ3n) is 3.73. The first-order chi connectivity index (χ1) is 13.2. The molecule has 1 heterocycles. The fraction of sp³-hybridized carbons (Fsp3) is 0.150. The number of anilines is 3. The Morgan fingerprint density at radius 3 is 2.52 bits per heavy atom. The van der Waals surface area contributed by atoms with E-state index in [1.54, 1.807) is 24.3 Å². The molecule has 0 radical (unpaired) electrons. The Labute approximate surface area is 157 Å². The monoisotopic (exact) mass is 364 g/mol. The molecule has 0 saturated carbocycles. The van der Waals surface area contributed by atoms with Gasteiger partial charge in [-0.2, -0.15) is 0 Å². The largest absolute Gasteiger partial charge is 0.491 e. The molecule has 138 valence electrons. The number of aryl methyl sites for hydroxylation is 1. The summed E-state index contributed by atoms with van der Waals surface area (Å²) in [5.74, 6) is 0.921. The number of amides is 1. The number of benzene rings is 2. The minimum absolute atomic E-state index is 0.0285. The molecule has 3 N–H and O–H groups in total. The van der Waals surface area contributed by atoms with Gasteiger partial charge < -0.3 is 20.5 Å². The van der Waals surface area contributed by atoms with Crippen molar-refractivity contribution in [3.05, 3.63) is 71.9 Å². The Hall–Kier alpha value is -3.45. The van der Waals surface area contributed by atoms with Crippen molar-refractivity contribution in [2.24, 2.45) is 0 Å². The van der Waals surface area contributed by atoms with Crippen LogP contribution >= 0.6 is 0 Å². The zero-order valence-corrected chi connectivity index (χ0v) is 14.8. The molecule has 7 heteroatoms. The molecule has 2 aromatic carbocycles. The lowest BCUT2D eigenvalue weighted by Gasteiger charge is -2.11. The highest BCUT2D eigenvalue weighted by molar-refractivity contribution is 6.02. The van der Waals surface area contributed by atoms with E-state index in [1.165, 1.54) is 0 Å². The first-order valence-electron chi connectivity index (χ1n) is 8.47. The second-order valence-electron chi connectivity index (χ2n) is 5.80. The van der Waals surface area contributed by atoms with E-state index in [-0.39, 0.29) is 24.8 Å². The summed E-state index contributed by atoms with van der Waals surface area (Å²) in [5.41, 5.74) is 2.68. The highest BCUT2D eigenvalue weighted by Gasteiger charge is 2.09. The number of aromatic nitrogens is 2. The minimum Gasteiger partial charge on any atom is -0.491 e. The number of nitrogens with one attached hydrogen (secondary N) is 2. The zero-order valence-electron chi connectivity index (χ0n) is 14.8. The van der Waals surface area contributed by atoms with Crippen LogP contribution in [0.15, 0.2) is 60.7 Å². The maximum atomic E-state index is 12.2. The van der Waals surface area contributed by atoms with Crippen molar-refractivity contribution in [3.63, 3.8) is 0 Å². The number of carbonyl (C=O) groups is 1. The van der Waals surface area contributed by atoms with Crippen LogP contribution in [0.1, 0.15) is 16.1 Å². The fourth-order valence-corrected chi connectivity index (χ4v) is 2.43. The highest BCUT2D eigenvalue weighted by atomic mass is 16.5. The van der Waals surface area contributed by atoms with Gasteiger partial charge in [-0.15, -0.1) is 10.2 Å². The van der Waals surface area contributed by atoms with Crippen LogP contribution in [0, 0.1) is 6.92 Å². The molecular weight excluding hydrogens is 344 g/mol. The van der Waals surface area contributed by atoms with Crippen molar-refractivity contribution in [3.8, 4) is 5.75 Å². The topological polar surface area (TPSA) is 96.4 Å². The van der Waals surface area contributed by atoms with Gasteiger partial charge in [-0.05, 0) is 55.0 Å². The molecule has 0 aliphatic carbocycles. The fourth-order valence-electron chi connectivity index (χ4n) is 2.43. The number of aliphatic hydroxyl groups is 1. The first-order valence-corrected chi connectivity index (χ1v) is 8.47. The summed E-state index contributed by atoms with van der Waals surface area (Å²) in [6, 6.07) is 18.0. The molecule has 7 nitrogen and oxygen atoms in total. The molecule has 0 saturated heterocycles. The average Bonchev–Trinajstić information content (AvgIpc) is 2.69. The molecule has 3 rings (SSSR count). The molecule has 3 aromatic rings. The van der Waals surface area contributed by atoms with E-state index in [1.807, 2.05) is 43.3 Å². The lowest BCUT2D eigenvalue weighted by Crippen LogP contribution is -2.14. The standard InChI is InChI=1S/C20H20N4O3/c1-14-13-16(7-9-18(14)27-12-11-25)21-19-10-8-17(23-24-19)20(26)22-15-5-3-2-4-6-15/h2-10,13,25H,11-12H2,1H3,(H,21,24)(H,22,26). The second-order valence-corrected chi connectivity index (χ2v) is 5.80. The second kappa shape index (κ2) is 8.77. The van der Waals surface area contributed by atoms with Gasteiger partial charge in [0.15, 0.2) is 11.5 Å². The third-order valence-corrected chi connectivity index (χ3v) is 3.73. The van der Waals surface area contributed by atoms with Crippen LogP contribution in [-0.4, -0.2) is 34.4 Å². The molecule has 0 spiro atoms. The number of nitrogens with zero attached hydrogens (tertiary/aromatic N) is 2. The van der Waals surface area contributed by atoms with Crippen molar-refractivity contribution in [1.82, 2.24) is 10.2 Å². The summed E-state index contributed by atoms with van der Waals surface area (Å²) >= 11 is 0. The number of ether oxygens (including phenoxy) is 1. The van der Waals surface area contributed by atoms with Crippen molar-refractivity contribution < 1.29 is 14.6 Å². The van der Waals surface area contributed by atoms with E-state index in [0.29, 0.717) is 17.3 Å². The van der Waals surface area contributed by atoms with Crippen LogP contribution in [-0.2, 0) is 0 Å². The van der Waals surface area contributed by atoms with Gasteiger partial charge >= 0.3 is 0 Å². The first kappa shape index (κ1) is 18.3. The van der Waals surface area contributed by atoms with E-state index >= 15 is 0 Å². The molecule has 0 bridgehead atoms. The lowest BCUT2D eigenvalue weighted by atomic mass is 10.2. The van der Waals surface area contributed by atoms with Gasteiger partial charge in [-0.1, -0.05) is 18.2 Å². The molecule has 0 aliphatic heterocycles. The molecule has 1 amide bonds. The Kier molecular flexibility index (Phi) is 5.96. The minimum atomic E-state index is -0.318. The summed E-state index contributed by atoms with van der Waals surface area (Å²) in [4.78, 5) is 12.2. The Balaban J connectivity index is 1.63. The maximum Gasteiger partial charge on any atom is 0.276 e. The summed E-state index contributed by atoms with van der Waals surface area (Å²) in [5, 5.41) is 22.8. The van der Waals surface area contributed by atoms with Crippen LogP contribution in [0.25, 0.3) is 0 Å². The molecule has 27 heavy (non-hydrogen) atoms. The number of hydrogen-bond acceptors (Lipinski definition) is 6. The van der Waals surface area contributed by atoms with E-state index in [9.17, 15) is 4.79 Å². The maximum absolute atomic E-state index is 12.2. The van der Waals surface area contributed by atoms with Crippen molar-refractivity contribution in [2.45, 2.75) is 6.92 Å². The lowest BCUT2D eigenvalue weighted by molar-refractivity contribution is 0.102. The van der Waals surface area contributed by atoms with Gasteiger partial charge in [-0.3, -0.25) is 4.79 Å². The van der Waals surface area contributed by atoms with Gasteiger partial charge in [0.1, 0.15) is 12.4 Å². The molecular formula is C20H20N4O3. The van der Waals surface area contributed by atoms with E-state index in [0.717, 1.165) is 11.3 Å². The van der Waals surface area contributed by atoms with Crippen LogP contribution in [0.2, 0.25) is 0 Å². The van der Waals surface area contributed by atoms with Gasteiger partial charge in [0.05, 0.1) is 6.61 Å². The molecule has 0 atom stereocenters. The van der Waals surface area contributed by atoms with E-state index in [4.69, 9.17) is 9.84 Å². The van der Waals surface area contributed by atoms with Crippen LogP contribution < -0.4 is 15.4 Å². The molecule has 1 aromatic heterocycles. The zero-order chi connectivity index (χ0) is 19.1. The average molecular weight is 364 g/mol. The van der Waals surface area contributed by atoms with E-state index in [2.05, 4.69) is 20.8 Å². The molecule has 0 aliphatic rings. The van der Waals surface area contributed by atoms with Gasteiger partial charge in [0, 0.05) is 11.4 Å². The SMILES string of the molecule is Cc1cc(Nc2ccc(C(=O)Nc3ccccc3)nn2)ccc1OCCO. The normalized spacial score (nSPS) is 10.3. The molecule has 0 unspecified atom stereocenters. The van der Waals surface area contributed by atoms with Crippen molar-refractivity contribution in [2.75, 3.05) is 23.8 Å². The summed E-state index contributed by atoms with van der Waals surface area (Å²) in [7, 11) is 0. The number of rotatable bonds is 7. The summed E-state index contributed by atoms with van der Waals surface area (Å²) in [6.45, 7) is 2.14. The smallest absolute Gasteiger partial charge is 0.276 e. The molecule has 0 fully saturated rings. The predicted octanol–water partition coefficient (Wildman–Crippen LogP) is 3.15.